The molecule has 0 N–H and O–H groups in total. The van der Waals surface area contributed by atoms with E-state index in [2.05, 4.69) is 4.98 Å². The van der Waals surface area contributed by atoms with Gasteiger partial charge in [-0.25, -0.2) is 9.38 Å². The molecule has 2 aromatic rings. The number of aliphatic imine (C=N–C) groups is 1. The number of carbonyl (C=O) groups is 1. The second-order valence-corrected chi connectivity index (χ2v) is 8.11. The normalized spacial score (nSPS) is 21.4. The lowest BCUT2D eigenvalue weighted by atomic mass is 9.94. The van der Waals surface area contributed by atoms with Gasteiger partial charge in [0.05, 0.1) is 16.8 Å². The first kappa shape index (κ1) is 18.9. The summed E-state index contributed by atoms with van der Waals surface area (Å²) < 4.78 is 13.3. The van der Waals surface area contributed by atoms with Crippen LogP contribution in [0.25, 0.3) is 5.57 Å². The lowest BCUT2D eigenvalue weighted by Gasteiger charge is -2.30. The van der Waals surface area contributed by atoms with Gasteiger partial charge in [-0.15, -0.1) is 0 Å². The summed E-state index contributed by atoms with van der Waals surface area (Å²) in [7, 11) is 0. The number of pyridine rings is 1. The number of allylic oxidation sites excluding steroid dienone is 1. The lowest BCUT2D eigenvalue weighted by molar-refractivity contribution is -0.124. The van der Waals surface area contributed by atoms with Gasteiger partial charge in [0.25, 0.3) is 5.91 Å². The summed E-state index contributed by atoms with van der Waals surface area (Å²) in [4.78, 5) is 24.8. The van der Waals surface area contributed by atoms with Crippen molar-refractivity contribution in [2.24, 2.45) is 4.99 Å². The van der Waals surface area contributed by atoms with Crippen molar-refractivity contribution in [3.63, 3.8) is 0 Å². The molecule has 6 heteroatoms. The Kier molecular flexibility index (Phi) is 5.57. The number of carbonyl (C=O) groups excluding carboxylic acids is 1. The van der Waals surface area contributed by atoms with Crippen LogP contribution in [-0.2, 0) is 4.79 Å². The van der Waals surface area contributed by atoms with E-state index in [4.69, 9.17) is 4.99 Å². The summed E-state index contributed by atoms with van der Waals surface area (Å²) in [6, 6.07) is 10.2. The molecule has 1 aromatic heterocycles. The third-order valence-corrected chi connectivity index (χ3v) is 6.40. The van der Waals surface area contributed by atoms with Gasteiger partial charge in [-0.3, -0.25) is 14.7 Å². The van der Waals surface area contributed by atoms with Crippen LogP contribution in [0, 0.1) is 5.82 Å². The van der Waals surface area contributed by atoms with Gasteiger partial charge in [0.15, 0.2) is 5.17 Å². The van der Waals surface area contributed by atoms with Gasteiger partial charge < -0.3 is 0 Å². The average molecular weight is 396 g/mol. The Morgan fingerprint density at radius 3 is 2.61 bits per heavy atom. The Labute approximate surface area is 168 Å². The third kappa shape index (κ3) is 3.87. The topological polar surface area (TPSA) is 45.6 Å². The highest BCUT2D eigenvalue weighted by Gasteiger charge is 2.39. The Morgan fingerprint density at radius 1 is 1.18 bits per heavy atom. The number of rotatable bonds is 3. The molecule has 28 heavy (non-hydrogen) atoms. The smallest absolute Gasteiger partial charge is 0.267 e. The van der Waals surface area contributed by atoms with Crippen molar-refractivity contribution < 1.29 is 9.18 Å². The number of benzene rings is 1. The fourth-order valence-electron chi connectivity index (χ4n) is 3.72. The second-order valence-electron chi connectivity index (χ2n) is 7.14. The molecular weight excluding hydrogens is 373 g/mol. The second kappa shape index (κ2) is 8.27. The Balaban J connectivity index is 1.74. The zero-order valence-electron chi connectivity index (χ0n) is 15.8. The van der Waals surface area contributed by atoms with Crippen LogP contribution in [0.1, 0.15) is 44.6 Å². The van der Waals surface area contributed by atoms with Crippen molar-refractivity contribution in [1.29, 1.82) is 0 Å². The number of nitrogens with zero attached hydrogens (tertiary/aromatic N) is 3. The van der Waals surface area contributed by atoms with Crippen molar-refractivity contribution in [3.8, 4) is 0 Å². The number of amidine groups is 1. The van der Waals surface area contributed by atoms with Crippen LogP contribution in [0.5, 0.6) is 0 Å². The van der Waals surface area contributed by atoms with Crippen molar-refractivity contribution >= 4 is 34.1 Å². The summed E-state index contributed by atoms with van der Waals surface area (Å²) in [6.45, 7) is 1.92. The third-order valence-electron chi connectivity index (χ3n) is 5.24. The number of hydrogen-bond donors (Lipinski definition) is 0. The van der Waals surface area contributed by atoms with Crippen LogP contribution in [0.2, 0.25) is 0 Å². The quantitative estimate of drug-likeness (QED) is 0.640. The van der Waals surface area contributed by atoms with Gasteiger partial charge >= 0.3 is 0 Å². The molecule has 4 rings (SSSR count). The van der Waals surface area contributed by atoms with E-state index in [0.717, 1.165) is 42.5 Å². The van der Waals surface area contributed by atoms with Gasteiger partial charge in [-0.2, -0.15) is 0 Å². The van der Waals surface area contributed by atoms with Crippen molar-refractivity contribution in [1.82, 2.24) is 9.88 Å². The van der Waals surface area contributed by atoms with E-state index in [9.17, 15) is 9.18 Å². The molecule has 0 atom stereocenters. The van der Waals surface area contributed by atoms with Crippen LogP contribution in [-0.4, -0.2) is 27.0 Å². The molecule has 2 fully saturated rings. The number of aromatic nitrogens is 1. The van der Waals surface area contributed by atoms with E-state index in [1.165, 1.54) is 30.3 Å². The van der Waals surface area contributed by atoms with Crippen molar-refractivity contribution in [2.45, 2.75) is 45.1 Å². The minimum absolute atomic E-state index is 0.00126. The number of hydrogen-bond acceptors (Lipinski definition) is 4. The maximum Gasteiger partial charge on any atom is 0.267 e. The zero-order valence-corrected chi connectivity index (χ0v) is 16.6. The zero-order chi connectivity index (χ0) is 19.5. The standard InChI is InChI=1S/C22H22FN3OS/c1-15(16-9-11-17(23)12-10-16)20-21(27)26(19-7-3-2-4-8-19)22(28-20)25-18-6-5-13-24-14-18/h5-6,9-14,19H,2-4,7-8H2,1H3/b20-15-,25-22?. The van der Waals surface area contributed by atoms with Crippen molar-refractivity contribution in [2.75, 3.05) is 0 Å². The summed E-state index contributed by atoms with van der Waals surface area (Å²) >= 11 is 1.41. The minimum atomic E-state index is -0.283. The highest BCUT2D eigenvalue weighted by Crippen LogP contribution is 2.40. The van der Waals surface area contributed by atoms with E-state index in [-0.39, 0.29) is 17.8 Å². The van der Waals surface area contributed by atoms with Crippen LogP contribution in [0.3, 0.4) is 0 Å². The first-order chi connectivity index (χ1) is 13.6. The van der Waals surface area contributed by atoms with E-state index in [1.54, 1.807) is 24.5 Å². The van der Waals surface area contributed by atoms with Crippen LogP contribution in [0.15, 0.2) is 58.7 Å². The lowest BCUT2D eigenvalue weighted by Crippen LogP contribution is -2.40. The monoisotopic (exact) mass is 395 g/mol. The molecule has 0 spiro atoms. The number of amides is 1. The highest BCUT2D eigenvalue weighted by atomic mass is 32.2. The van der Waals surface area contributed by atoms with Gasteiger partial charge in [0, 0.05) is 12.2 Å². The van der Waals surface area contributed by atoms with Gasteiger partial charge in [0.2, 0.25) is 0 Å². The largest absolute Gasteiger partial charge is 0.283 e. The van der Waals surface area contributed by atoms with E-state index < -0.39 is 0 Å². The summed E-state index contributed by atoms with van der Waals surface area (Å²) in [6.07, 6.45) is 8.90. The maximum absolute atomic E-state index is 13.4. The predicted octanol–water partition coefficient (Wildman–Crippen LogP) is 5.55. The molecule has 1 aliphatic carbocycles. The van der Waals surface area contributed by atoms with Crippen LogP contribution < -0.4 is 0 Å². The molecule has 144 valence electrons. The van der Waals surface area contributed by atoms with Crippen LogP contribution >= 0.6 is 11.8 Å². The van der Waals surface area contributed by atoms with Crippen molar-refractivity contribution in [3.05, 3.63) is 65.1 Å². The van der Waals surface area contributed by atoms with E-state index >= 15 is 0 Å². The van der Waals surface area contributed by atoms with Gasteiger partial charge in [-0.05, 0) is 66.9 Å². The Bertz CT molecular complexity index is 919. The molecule has 0 bridgehead atoms. The van der Waals surface area contributed by atoms with Gasteiger partial charge in [-0.1, -0.05) is 31.4 Å². The first-order valence-electron chi connectivity index (χ1n) is 9.60. The average Bonchev–Trinajstić information content (AvgIpc) is 3.05. The molecule has 0 unspecified atom stereocenters. The summed E-state index contributed by atoms with van der Waals surface area (Å²) in [5, 5.41) is 0.710. The maximum atomic E-state index is 13.4. The van der Waals surface area contributed by atoms with E-state index in [1.807, 2.05) is 24.0 Å². The summed E-state index contributed by atoms with van der Waals surface area (Å²) in [5.74, 6) is -0.282. The van der Waals surface area contributed by atoms with E-state index in [0.29, 0.717) is 10.1 Å². The fourth-order valence-corrected chi connectivity index (χ4v) is 4.84. The molecule has 0 radical (unpaired) electrons. The molecule has 1 saturated heterocycles. The number of halogens is 1. The molecule has 1 aromatic carbocycles. The summed E-state index contributed by atoms with van der Waals surface area (Å²) in [5.41, 5.74) is 2.44. The fraction of sp³-hybridized carbons (Fsp3) is 0.318. The highest BCUT2D eigenvalue weighted by molar-refractivity contribution is 8.18. The molecule has 2 aliphatic rings. The molecule has 1 aliphatic heterocycles. The molecular formula is C22H22FN3OS. The minimum Gasteiger partial charge on any atom is -0.283 e. The van der Waals surface area contributed by atoms with Crippen LogP contribution in [0.4, 0.5) is 10.1 Å². The number of thioether (sulfide) groups is 1. The molecule has 2 heterocycles. The Morgan fingerprint density at radius 2 is 1.93 bits per heavy atom. The Hall–Kier alpha value is -2.47. The molecule has 1 saturated carbocycles. The first-order valence-corrected chi connectivity index (χ1v) is 10.4. The predicted molar refractivity (Wildman–Crippen MR) is 112 cm³/mol. The molecule has 4 nitrogen and oxygen atoms in total. The molecule has 1 amide bonds. The SMILES string of the molecule is C/C(=C1/SC(=Nc2cccnc2)N(C2CCCCC2)C1=O)c1ccc(F)cc1. The van der Waals surface area contributed by atoms with Gasteiger partial charge in [0.1, 0.15) is 5.82 Å².